The van der Waals surface area contributed by atoms with Crippen LogP contribution in [0.1, 0.15) is 10.7 Å². The molecule has 0 aliphatic carbocycles. The molecule has 0 fully saturated rings. The molecular formula is C10H10ClN3O2S2. The van der Waals surface area contributed by atoms with Gasteiger partial charge in [-0.1, -0.05) is 23.4 Å². The first-order chi connectivity index (χ1) is 8.56. The number of aromatic nitrogens is 3. The Bertz CT molecular complexity index is 567. The number of aryl methyl sites for hydroxylation is 1. The Morgan fingerprint density at radius 2 is 2.33 bits per heavy atom. The minimum atomic E-state index is -0.869. The van der Waals surface area contributed by atoms with Crippen molar-refractivity contribution in [3.05, 3.63) is 27.2 Å². The normalized spacial score (nSPS) is 10.8. The lowest BCUT2D eigenvalue weighted by molar-refractivity contribution is -0.133. The van der Waals surface area contributed by atoms with Gasteiger partial charge in [0.05, 0.1) is 16.6 Å². The Balaban J connectivity index is 2.16. The molecule has 8 heteroatoms. The van der Waals surface area contributed by atoms with Crippen molar-refractivity contribution in [1.82, 2.24) is 14.8 Å². The van der Waals surface area contributed by atoms with Gasteiger partial charge in [0.25, 0.3) is 0 Å². The standard InChI is InChI=1S/C10H10ClN3O2S2/c1-6-12-13-10(17-5-9(15)16)14(6)4-7-2-3-8(11)18-7/h2-3H,4-5H2,1H3,(H,15,16). The molecule has 0 atom stereocenters. The van der Waals surface area contributed by atoms with Crippen molar-refractivity contribution in [3.63, 3.8) is 0 Å². The number of carboxylic acids is 1. The molecule has 1 N–H and O–H groups in total. The van der Waals surface area contributed by atoms with E-state index in [9.17, 15) is 4.79 Å². The van der Waals surface area contributed by atoms with E-state index in [0.717, 1.165) is 26.8 Å². The summed E-state index contributed by atoms with van der Waals surface area (Å²) in [6.07, 6.45) is 0. The Morgan fingerprint density at radius 1 is 1.56 bits per heavy atom. The van der Waals surface area contributed by atoms with Crippen molar-refractivity contribution in [2.24, 2.45) is 0 Å². The molecule has 2 aromatic heterocycles. The van der Waals surface area contributed by atoms with Crippen molar-refractivity contribution in [1.29, 1.82) is 0 Å². The zero-order valence-electron chi connectivity index (χ0n) is 9.46. The van der Waals surface area contributed by atoms with E-state index in [1.54, 1.807) is 0 Å². The van der Waals surface area contributed by atoms with Crippen LogP contribution in [0.15, 0.2) is 17.3 Å². The molecule has 96 valence electrons. The number of thiophene rings is 1. The molecule has 0 spiro atoms. The highest BCUT2D eigenvalue weighted by molar-refractivity contribution is 7.99. The molecule has 0 amide bonds. The summed E-state index contributed by atoms with van der Waals surface area (Å²) in [7, 11) is 0. The van der Waals surface area contributed by atoms with Gasteiger partial charge < -0.3 is 9.67 Å². The maximum Gasteiger partial charge on any atom is 0.313 e. The molecular weight excluding hydrogens is 294 g/mol. The highest BCUT2D eigenvalue weighted by Crippen LogP contribution is 2.24. The fraction of sp³-hybridized carbons (Fsp3) is 0.300. The van der Waals surface area contributed by atoms with Gasteiger partial charge in [-0.15, -0.1) is 21.5 Å². The molecule has 5 nitrogen and oxygen atoms in total. The van der Waals surface area contributed by atoms with Crippen LogP contribution in [-0.4, -0.2) is 31.6 Å². The molecule has 18 heavy (non-hydrogen) atoms. The van der Waals surface area contributed by atoms with E-state index < -0.39 is 5.97 Å². The molecule has 0 saturated heterocycles. The van der Waals surface area contributed by atoms with Crippen LogP contribution in [0.5, 0.6) is 0 Å². The van der Waals surface area contributed by atoms with E-state index in [1.165, 1.54) is 11.3 Å². The zero-order chi connectivity index (χ0) is 13.1. The maximum absolute atomic E-state index is 10.6. The van der Waals surface area contributed by atoms with Gasteiger partial charge in [-0.25, -0.2) is 0 Å². The lowest BCUT2D eigenvalue weighted by Crippen LogP contribution is -2.05. The molecule has 0 radical (unpaired) electrons. The van der Waals surface area contributed by atoms with Gasteiger partial charge in [0.1, 0.15) is 5.82 Å². The van der Waals surface area contributed by atoms with Crippen LogP contribution in [-0.2, 0) is 11.3 Å². The number of carboxylic acid groups (broad SMARTS) is 1. The first-order valence-corrected chi connectivity index (χ1v) is 7.23. The fourth-order valence-corrected chi connectivity index (χ4v) is 3.15. The Hall–Kier alpha value is -1.05. The first-order valence-electron chi connectivity index (χ1n) is 5.05. The molecule has 0 aliphatic heterocycles. The van der Waals surface area contributed by atoms with Gasteiger partial charge >= 0.3 is 5.97 Å². The Kier molecular flexibility index (Phi) is 4.26. The van der Waals surface area contributed by atoms with E-state index in [1.807, 2.05) is 23.6 Å². The summed E-state index contributed by atoms with van der Waals surface area (Å²) < 4.78 is 2.62. The smallest absolute Gasteiger partial charge is 0.313 e. The van der Waals surface area contributed by atoms with Crippen molar-refractivity contribution < 1.29 is 9.90 Å². The lowest BCUT2D eigenvalue weighted by Gasteiger charge is -2.05. The average Bonchev–Trinajstić information content (AvgIpc) is 2.85. The minimum absolute atomic E-state index is 0.0245. The van der Waals surface area contributed by atoms with E-state index in [-0.39, 0.29) is 5.75 Å². The summed E-state index contributed by atoms with van der Waals surface area (Å²) in [6, 6.07) is 3.78. The Morgan fingerprint density at radius 3 is 2.94 bits per heavy atom. The van der Waals surface area contributed by atoms with Crippen LogP contribution in [0, 0.1) is 6.92 Å². The van der Waals surface area contributed by atoms with Gasteiger partial charge in [-0.3, -0.25) is 4.79 Å². The van der Waals surface area contributed by atoms with E-state index in [4.69, 9.17) is 16.7 Å². The average molecular weight is 304 g/mol. The van der Waals surface area contributed by atoms with Crippen LogP contribution in [0.3, 0.4) is 0 Å². The monoisotopic (exact) mass is 303 g/mol. The van der Waals surface area contributed by atoms with Gasteiger partial charge in [0, 0.05) is 4.88 Å². The van der Waals surface area contributed by atoms with E-state index in [2.05, 4.69) is 10.2 Å². The number of halogens is 1. The molecule has 2 aromatic rings. The molecule has 0 bridgehead atoms. The van der Waals surface area contributed by atoms with Gasteiger partial charge in [0.2, 0.25) is 0 Å². The van der Waals surface area contributed by atoms with Gasteiger partial charge in [0.15, 0.2) is 5.16 Å². The number of rotatable bonds is 5. The molecule has 0 aliphatic rings. The number of aliphatic carboxylic acids is 1. The van der Waals surface area contributed by atoms with Crippen LogP contribution in [0.2, 0.25) is 4.34 Å². The van der Waals surface area contributed by atoms with Crippen molar-refractivity contribution >= 4 is 40.7 Å². The van der Waals surface area contributed by atoms with Gasteiger partial charge in [-0.05, 0) is 19.1 Å². The number of hydrogen-bond donors (Lipinski definition) is 1. The van der Waals surface area contributed by atoms with Crippen LogP contribution in [0.4, 0.5) is 0 Å². The van der Waals surface area contributed by atoms with Crippen molar-refractivity contribution in [3.8, 4) is 0 Å². The number of hydrogen-bond acceptors (Lipinski definition) is 5. The van der Waals surface area contributed by atoms with Crippen LogP contribution < -0.4 is 0 Å². The van der Waals surface area contributed by atoms with E-state index >= 15 is 0 Å². The molecule has 0 saturated carbocycles. The summed E-state index contributed by atoms with van der Waals surface area (Å²) in [5.74, 6) is -0.137. The second-order valence-corrected chi connectivity index (χ2v) is 6.25. The second-order valence-electron chi connectivity index (χ2n) is 3.50. The predicted octanol–water partition coefficient (Wildman–Crippen LogP) is 2.53. The maximum atomic E-state index is 10.6. The summed E-state index contributed by atoms with van der Waals surface area (Å²) in [4.78, 5) is 11.6. The molecule has 0 aromatic carbocycles. The number of nitrogens with zero attached hydrogens (tertiary/aromatic N) is 3. The third kappa shape index (κ3) is 3.24. The largest absolute Gasteiger partial charge is 0.481 e. The topological polar surface area (TPSA) is 68.0 Å². The lowest BCUT2D eigenvalue weighted by atomic mass is 10.4. The molecule has 2 rings (SSSR count). The summed E-state index contributed by atoms with van der Waals surface area (Å²) >= 11 is 8.53. The quantitative estimate of drug-likeness (QED) is 0.860. The summed E-state index contributed by atoms with van der Waals surface area (Å²) in [6.45, 7) is 2.45. The fourth-order valence-electron chi connectivity index (χ4n) is 1.37. The highest BCUT2D eigenvalue weighted by atomic mass is 35.5. The van der Waals surface area contributed by atoms with Crippen LogP contribution >= 0.6 is 34.7 Å². The summed E-state index contributed by atoms with van der Waals surface area (Å²) in [5, 5.41) is 17.2. The molecule has 0 unspecified atom stereocenters. The number of carbonyl (C=O) groups is 1. The third-order valence-corrected chi connectivity index (χ3v) is 4.34. The summed E-state index contributed by atoms with van der Waals surface area (Å²) in [5.41, 5.74) is 0. The van der Waals surface area contributed by atoms with Crippen molar-refractivity contribution in [2.75, 3.05) is 5.75 Å². The first kappa shape index (κ1) is 13.4. The zero-order valence-corrected chi connectivity index (χ0v) is 11.8. The Labute approximate surface area is 117 Å². The SMILES string of the molecule is Cc1nnc(SCC(=O)O)n1Cc1ccc(Cl)s1. The number of thioether (sulfide) groups is 1. The molecule has 2 heterocycles. The van der Waals surface area contributed by atoms with Crippen molar-refractivity contribution in [2.45, 2.75) is 18.6 Å². The minimum Gasteiger partial charge on any atom is -0.481 e. The van der Waals surface area contributed by atoms with Crippen LogP contribution in [0.25, 0.3) is 0 Å². The van der Waals surface area contributed by atoms with E-state index in [0.29, 0.717) is 11.7 Å². The second kappa shape index (κ2) is 5.73. The van der Waals surface area contributed by atoms with Gasteiger partial charge in [-0.2, -0.15) is 0 Å². The third-order valence-electron chi connectivity index (χ3n) is 2.17. The predicted molar refractivity (Wildman–Crippen MR) is 71.5 cm³/mol. The highest BCUT2D eigenvalue weighted by Gasteiger charge is 2.12.